The highest BCUT2D eigenvalue weighted by atomic mass is 19.4. The van der Waals surface area contributed by atoms with Gasteiger partial charge in [-0.15, -0.1) is 0 Å². The molecule has 0 spiro atoms. The molecule has 0 atom stereocenters. The lowest BCUT2D eigenvalue weighted by Gasteiger charge is -2.21. The number of urea groups is 1. The molecular weight excluding hydrogens is 225 g/mol. The Balaban J connectivity index is 4.06. The molecular formula is C8H15F3N4O. The lowest BCUT2D eigenvalue weighted by Crippen LogP contribution is -2.44. The van der Waals surface area contributed by atoms with E-state index in [0.29, 0.717) is 0 Å². The number of rotatable bonds is 5. The van der Waals surface area contributed by atoms with Gasteiger partial charge in [-0.05, 0) is 6.92 Å². The summed E-state index contributed by atoms with van der Waals surface area (Å²) in [5.74, 6) is -0.109. The minimum Gasteiger partial charge on any atom is -0.388 e. The van der Waals surface area contributed by atoms with Crippen molar-refractivity contribution in [2.45, 2.75) is 19.5 Å². The molecule has 5 nitrogen and oxygen atoms in total. The first-order valence-electron chi connectivity index (χ1n) is 4.68. The van der Waals surface area contributed by atoms with Gasteiger partial charge < -0.3 is 16.0 Å². The first kappa shape index (κ1) is 14.5. The molecule has 0 fully saturated rings. The fourth-order valence-corrected chi connectivity index (χ4v) is 0.946. The van der Waals surface area contributed by atoms with Crippen LogP contribution in [0.2, 0.25) is 0 Å². The summed E-state index contributed by atoms with van der Waals surface area (Å²) in [6, 6.07) is -0.805. The zero-order valence-electron chi connectivity index (χ0n) is 8.90. The smallest absolute Gasteiger partial charge is 0.388 e. The number of amides is 2. The van der Waals surface area contributed by atoms with E-state index >= 15 is 0 Å². The molecule has 0 aliphatic heterocycles. The summed E-state index contributed by atoms with van der Waals surface area (Å²) in [5.41, 5.74) is 5.08. The van der Waals surface area contributed by atoms with Crippen LogP contribution in [0.3, 0.4) is 0 Å². The van der Waals surface area contributed by atoms with Crippen LogP contribution in [0.25, 0.3) is 0 Å². The summed E-state index contributed by atoms with van der Waals surface area (Å²) in [6.45, 7) is 0.669. The Kier molecular flexibility index (Phi) is 5.62. The van der Waals surface area contributed by atoms with Crippen LogP contribution in [0.15, 0.2) is 0 Å². The number of nitrogens with one attached hydrogen (secondary N) is 2. The van der Waals surface area contributed by atoms with E-state index in [2.05, 4.69) is 0 Å². The van der Waals surface area contributed by atoms with Gasteiger partial charge in [0.2, 0.25) is 0 Å². The Bertz CT molecular complexity index is 254. The zero-order valence-corrected chi connectivity index (χ0v) is 8.90. The fraction of sp³-hybridized carbons (Fsp3) is 0.750. The van der Waals surface area contributed by atoms with Gasteiger partial charge in [0.05, 0.1) is 5.84 Å². The van der Waals surface area contributed by atoms with Crippen LogP contribution in [-0.4, -0.2) is 42.6 Å². The molecule has 94 valence electrons. The standard InChI is InChI=1S/C8H15F3N4O/c1-2-15(4-3-6(12)13)7(16)14-5-8(9,10)11/h2-5H2,1H3,(H3,12,13)(H,14,16). The molecule has 2 amide bonds. The molecule has 0 unspecified atom stereocenters. The van der Waals surface area contributed by atoms with Crippen LogP contribution in [0, 0.1) is 5.41 Å². The normalized spacial score (nSPS) is 11.0. The summed E-state index contributed by atoms with van der Waals surface area (Å²) in [7, 11) is 0. The van der Waals surface area contributed by atoms with Gasteiger partial charge in [0.1, 0.15) is 6.54 Å². The third-order valence-electron chi connectivity index (χ3n) is 1.76. The van der Waals surface area contributed by atoms with E-state index in [4.69, 9.17) is 11.1 Å². The Labute approximate surface area is 91.3 Å². The van der Waals surface area contributed by atoms with Crippen molar-refractivity contribution in [2.24, 2.45) is 5.73 Å². The number of hydrogen-bond donors (Lipinski definition) is 3. The molecule has 0 aromatic heterocycles. The van der Waals surface area contributed by atoms with Crippen molar-refractivity contribution in [3.63, 3.8) is 0 Å². The second-order valence-electron chi connectivity index (χ2n) is 3.13. The molecule has 0 bridgehead atoms. The van der Waals surface area contributed by atoms with Crippen molar-refractivity contribution in [1.29, 1.82) is 5.41 Å². The third kappa shape index (κ3) is 6.91. The highest BCUT2D eigenvalue weighted by Gasteiger charge is 2.28. The number of alkyl halides is 3. The van der Waals surface area contributed by atoms with Crippen LogP contribution >= 0.6 is 0 Å². The summed E-state index contributed by atoms with van der Waals surface area (Å²) in [4.78, 5) is 12.4. The minimum absolute atomic E-state index is 0.109. The van der Waals surface area contributed by atoms with Gasteiger partial charge >= 0.3 is 12.2 Å². The van der Waals surface area contributed by atoms with E-state index in [0.717, 1.165) is 4.90 Å². The van der Waals surface area contributed by atoms with E-state index in [-0.39, 0.29) is 25.3 Å². The van der Waals surface area contributed by atoms with E-state index in [1.54, 1.807) is 12.2 Å². The first-order chi connectivity index (χ1) is 7.26. The van der Waals surface area contributed by atoms with Gasteiger partial charge in [-0.3, -0.25) is 5.41 Å². The lowest BCUT2D eigenvalue weighted by atomic mass is 10.3. The van der Waals surface area contributed by atoms with E-state index in [1.807, 2.05) is 0 Å². The van der Waals surface area contributed by atoms with Gasteiger partial charge in [-0.25, -0.2) is 4.79 Å². The van der Waals surface area contributed by atoms with Crippen molar-refractivity contribution in [2.75, 3.05) is 19.6 Å². The van der Waals surface area contributed by atoms with Gasteiger partial charge in [0.15, 0.2) is 0 Å². The Morgan fingerprint density at radius 1 is 1.50 bits per heavy atom. The zero-order chi connectivity index (χ0) is 12.8. The molecule has 0 aromatic carbocycles. The van der Waals surface area contributed by atoms with Crippen molar-refractivity contribution in [3.05, 3.63) is 0 Å². The molecule has 0 aliphatic carbocycles. The number of halogens is 3. The first-order valence-corrected chi connectivity index (χ1v) is 4.68. The van der Waals surface area contributed by atoms with Gasteiger partial charge in [-0.2, -0.15) is 13.2 Å². The lowest BCUT2D eigenvalue weighted by molar-refractivity contribution is -0.123. The van der Waals surface area contributed by atoms with Crippen LogP contribution < -0.4 is 11.1 Å². The van der Waals surface area contributed by atoms with Crippen molar-refractivity contribution >= 4 is 11.9 Å². The average Bonchev–Trinajstić information content (AvgIpc) is 2.14. The second-order valence-corrected chi connectivity index (χ2v) is 3.13. The summed E-state index contributed by atoms with van der Waals surface area (Å²) >= 11 is 0. The third-order valence-corrected chi connectivity index (χ3v) is 1.76. The molecule has 16 heavy (non-hydrogen) atoms. The molecule has 4 N–H and O–H groups in total. The predicted molar refractivity (Wildman–Crippen MR) is 53.2 cm³/mol. The van der Waals surface area contributed by atoms with Crippen molar-refractivity contribution < 1.29 is 18.0 Å². The highest BCUT2D eigenvalue weighted by molar-refractivity contribution is 5.78. The summed E-state index contributed by atoms with van der Waals surface area (Å²) < 4.78 is 35.4. The maximum atomic E-state index is 11.8. The highest BCUT2D eigenvalue weighted by Crippen LogP contribution is 2.12. The van der Waals surface area contributed by atoms with Gasteiger partial charge in [0, 0.05) is 19.5 Å². The Morgan fingerprint density at radius 3 is 2.44 bits per heavy atom. The molecule has 0 aromatic rings. The molecule has 0 saturated carbocycles. The van der Waals surface area contributed by atoms with Crippen molar-refractivity contribution in [3.8, 4) is 0 Å². The van der Waals surface area contributed by atoms with E-state index in [9.17, 15) is 18.0 Å². The number of nitrogens with zero attached hydrogens (tertiary/aromatic N) is 1. The number of carbonyl (C=O) groups excluding carboxylic acids is 1. The second kappa shape index (κ2) is 6.19. The summed E-state index contributed by atoms with van der Waals surface area (Å²) in [6.07, 6.45) is -4.27. The SMILES string of the molecule is CCN(CCC(=N)N)C(=O)NCC(F)(F)F. The molecule has 0 saturated heterocycles. The quantitative estimate of drug-likeness (QED) is 0.493. The molecule has 8 heteroatoms. The fourth-order valence-electron chi connectivity index (χ4n) is 0.946. The average molecular weight is 240 g/mol. The van der Waals surface area contributed by atoms with Crippen LogP contribution in [0.4, 0.5) is 18.0 Å². The van der Waals surface area contributed by atoms with E-state index in [1.165, 1.54) is 0 Å². The van der Waals surface area contributed by atoms with Crippen LogP contribution in [0.1, 0.15) is 13.3 Å². The number of amidine groups is 1. The number of carbonyl (C=O) groups is 1. The summed E-state index contributed by atoms with van der Waals surface area (Å²) in [5, 5.41) is 8.69. The number of nitrogens with two attached hydrogens (primary N) is 1. The van der Waals surface area contributed by atoms with E-state index < -0.39 is 18.8 Å². The predicted octanol–water partition coefficient (Wildman–Crippen LogP) is 0.906. The van der Waals surface area contributed by atoms with Crippen molar-refractivity contribution in [1.82, 2.24) is 10.2 Å². The maximum absolute atomic E-state index is 11.8. The Hall–Kier alpha value is -1.47. The Morgan fingerprint density at radius 2 is 2.06 bits per heavy atom. The van der Waals surface area contributed by atoms with Gasteiger partial charge in [0.25, 0.3) is 0 Å². The molecule has 0 radical (unpaired) electrons. The minimum atomic E-state index is -4.42. The van der Waals surface area contributed by atoms with Crippen LogP contribution in [-0.2, 0) is 0 Å². The maximum Gasteiger partial charge on any atom is 0.405 e. The van der Waals surface area contributed by atoms with Gasteiger partial charge in [-0.1, -0.05) is 0 Å². The monoisotopic (exact) mass is 240 g/mol. The molecule has 0 heterocycles. The number of hydrogen-bond acceptors (Lipinski definition) is 2. The van der Waals surface area contributed by atoms with Crippen LogP contribution in [0.5, 0.6) is 0 Å². The largest absolute Gasteiger partial charge is 0.405 e. The molecule has 0 rings (SSSR count). The molecule has 0 aliphatic rings. The topological polar surface area (TPSA) is 82.2 Å².